The molecule has 3 heterocycles. The summed E-state index contributed by atoms with van der Waals surface area (Å²) in [4.78, 5) is 18.8. The fourth-order valence-corrected chi connectivity index (χ4v) is 3.32. The molecule has 0 aliphatic carbocycles. The van der Waals surface area contributed by atoms with Crippen LogP contribution >= 0.6 is 0 Å². The zero-order valence-corrected chi connectivity index (χ0v) is 11.2. The lowest BCUT2D eigenvalue weighted by Gasteiger charge is -2.29. The fourth-order valence-electron chi connectivity index (χ4n) is 3.32. The summed E-state index contributed by atoms with van der Waals surface area (Å²) in [7, 11) is 0. The topological polar surface area (TPSA) is 45.2 Å². The van der Waals surface area contributed by atoms with Gasteiger partial charge in [-0.05, 0) is 44.4 Å². The molecular formula is C15H21N3O. The third kappa shape index (κ3) is 2.78. The van der Waals surface area contributed by atoms with E-state index in [0.29, 0.717) is 18.5 Å². The summed E-state index contributed by atoms with van der Waals surface area (Å²) in [5.41, 5.74) is 0.873. The van der Waals surface area contributed by atoms with E-state index in [2.05, 4.69) is 15.2 Å². The first-order valence-electron chi connectivity index (χ1n) is 7.27. The van der Waals surface area contributed by atoms with Crippen LogP contribution < -0.4 is 5.32 Å². The van der Waals surface area contributed by atoms with Gasteiger partial charge in [-0.25, -0.2) is 0 Å². The van der Waals surface area contributed by atoms with Gasteiger partial charge in [0.15, 0.2) is 0 Å². The van der Waals surface area contributed by atoms with Gasteiger partial charge in [0.25, 0.3) is 0 Å². The molecule has 1 aromatic rings. The Bertz CT molecular complexity index is 428. The SMILES string of the molecule is O=C(Cc1ccccn1)N1CCCC1C1CCCN1. The second-order valence-corrected chi connectivity index (χ2v) is 5.50. The van der Waals surface area contributed by atoms with Gasteiger partial charge in [-0.2, -0.15) is 0 Å². The minimum absolute atomic E-state index is 0.231. The molecule has 1 amide bonds. The molecule has 102 valence electrons. The van der Waals surface area contributed by atoms with Gasteiger partial charge in [0.05, 0.1) is 6.42 Å². The molecule has 2 aliphatic rings. The van der Waals surface area contributed by atoms with Crippen molar-refractivity contribution in [2.24, 2.45) is 0 Å². The third-order valence-electron chi connectivity index (χ3n) is 4.24. The second-order valence-electron chi connectivity index (χ2n) is 5.50. The van der Waals surface area contributed by atoms with Gasteiger partial charge in [-0.1, -0.05) is 6.07 Å². The Morgan fingerprint density at radius 3 is 3.05 bits per heavy atom. The predicted molar refractivity (Wildman–Crippen MR) is 73.7 cm³/mol. The van der Waals surface area contributed by atoms with E-state index >= 15 is 0 Å². The number of amides is 1. The van der Waals surface area contributed by atoms with Crippen molar-refractivity contribution in [1.82, 2.24) is 15.2 Å². The zero-order valence-electron chi connectivity index (χ0n) is 11.2. The third-order valence-corrected chi connectivity index (χ3v) is 4.24. The quantitative estimate of drug-likeness (QED) is 0.891. The molecule has 2 aliphatic heterocycles. The van der Waals surface area contributed by atoms with Crippen molar-refractivity contribution in [2.75, 3.05) is 13.1 Å². The van der Waals surface area contributed by atoms with Gasteiger partial charge in [-0.3, -0.25) is 9.78 Å². The van der Waals surface area contributed by atoms with Crippen molar-refractivity contribution >= 4 is 5.91 Å². The molecule has 0 aromatic carbocycles. The number of hydrogen-bond donors (Lipinski definition) is 1. The molecule has 1 N–H and O–H groups in total. The number of carbonyl (C=O) groups excluding carboxylic acids is 1. The summed E-state index contributed by atoms with van der Waals surface area (Å²) in [5.74, 6) is 0.231. The molecule has 4 nitrogen and oxygen atoms in total. The number of aromatic nitrogens is 1. The van der Waals surface area contributed by atoms with Crippen molar-refractivity contribution in [3.05, 3.63) is 30.1 Å². The van der Waals surface area contributed by atoms with E-state index in [1.807, 2.05) is 18.2 Å². The number of hydrogen-bond acceptors (Lipinski definition) is 3. The van der Waals surface area contributed by atoms with E-state index in [0.717, 1.165) is 31.6 Å². The predicted octanol–water partition coefficient (Wildman–Crippen LogP) is 1.37. The van der Waals surface area contributed by atoms with Crippen LogP contribution in [-0.2, 0) is 11.2 Å². The average Bonchev–Trinajstić information content (AvgIpc) is 3.10. The molecule has 2 saturated heterocycles. The van der Waals surface area contributed by atoms with Gasteiger partial charge < -0.3 is 10.2 Å². The van der Waals surface area contributed by atoms with Gasteiger partial charge in [0.1, 0.15) is 0 Å². The maximum atomic E-state index is 12.4. The number of likely N-dealkylation sites (tertiary alicyclic amines) is 1. The largest absolute Gasteiger partial charge is 0.338 e. The fraction of sp³-hybridized carbons (Fsp3) is 0.600. The average molecular weight is 259 g/mol. The number of rotatable bonds is 3. The van der Waals surface area contributed by atoms with E-state index in [9.17, 15) is 4.79 Å². The number of pyridine rings is 1. The molecule has 1 aromatic heterocycles. The smallest absolute Gasteiger partial charge is 0.228 e. The molecule has 0 radical (unpaired) electrons. The van der Waals surface area contributed by atoms with Crippen molar-refractivity contribution in [2.45, 2.75) is 44.2 Å². The van der Waals surface area contributed by atoms with Gasteiger partial charge in [-0.15, -0.1) is 0 Å². The Kier molecular flexibility index (Phi) is 3.78. The maximum Gasteiger partial charge on any atom is 0.228 e. The van der Waals surface area contributed by atoms with Crippen molar-refractivity contribution < 1.29 is 4.79 Å². The lowest BCUT2D eigenvalue weighted by molar-refractivity contribution is -0.131. The standard InChI is InChI=1S/C15H21N3O/c19-15(11-12-5-1-2-8-16-12)18-10-4-7-14(18)13-6-3-9-17-13/h1-2,5,8,13-14,17H,3-4,6-7,9-11H2. The first-order chi connectivity index (χ1) is 9.34. The Hall–Kier alpha value is -1.42. The van der Waals surface area contributed by atoms with E-state index in [4.69, 9.17) is 0 Å². The molecule has 0 spiro atoms. The summed E-state index contributed by atoms with van der Waals surface area (Å²) >= 11 is 0. The van der Waals surface area contributed by atoms with Gasteiger partial charge in [0, 0.05) is 30.5 Å². The van der Waals surface area contributed by atoms with E-state index in [1.165, 1.54) is 12.8 Å². The van der Waals surface area contributed by atoms with E-state index in [-0.39, 0.29) is 5.91 Å². The second kappa shape index (κ2) is 5.70. The van der Waals surface area contributed by atoms with Gasteiger partial charge in [0.2, 0.25) is 5.91 Å². The first kappa shape index (κ1) is 12.6. The summed E-state index contributed by atoms with van der Waals surface area (Å²) in [5, 5.41) is 3.54. The monoisotopic (exact) mass is 259 g/mol. The minimum Gasteiger partial charge on any atom is -0.338 e. The van der Waals surface area contributed by atoms with E-state index in [1.54, 1.807) is 6.20 Å². The first-order valence-corrected chi connectivity index (χ1v) is 7.27. The Labute approximate surface area is 114 Å². The Morgan fingerprint density at radius 1 is 1.37 bits per heavy atom. The molecule has 19 heavy (non-hydrogen) atoms. The van der Waals surface area contributed by atoms with Crippen LogP contribution in [0.4, 0.5) is 0 Å². The Balaban J connectivity index is 1.65. The highest BCUT2D eigenvalue weighted by molar-refractivity contribution is 5.79. The Morgan fingerprint density at radius 2 is 2.32 bits per heavy atom. The van der Waals surface area contributed by atoms with Gasteiger partial charge >= 0.3 is 0 Å². The molecule has 2 atom stereocenters. The molecular weight excluding hydrogens is 238 g/mol. The summed E-state index contributed by atoms with van der Waals surface area (Å²) in [6, 6.07) is 6.66. The normalized spacial score (nSPS) is 26.8. The van der Waals surface area contributed by atoms with Crippen LogP contribution in [0.25, 0.3) is 0 Å². The summed E-state index contributed by atoms with van der Waals surface area (Å²) in [6.07, 6.45) is 6.91. The summed E-state index contributed by atoms with van der Waals surface area (Å²) < 4.78 is 0. The highest BCUT2D eigenvalue weighted by Gasteiger charge is 2.35. The molecule has 4 heteroatoms. The molecule has 2 fully saturated rings. The highest BCUT2D eigenvalue weighted by atomic mass is 16.2. The minimum atomic E-state index is 0.231. The molecule has 3 rings (SSSR count). The molecule has 2 unspecified atom stereocenters. The van der Waals surface area contributed by atoms with Crippen LogP contribution in [0.15, 0.2) is 24.4 Å². The number of nitrogens with one attached hydrogen (secondary N) is 1. The lowest BCUT2D eigenvalue weighted by Crippen LogP contribution is -2.47. The zero-order chi connectivity index (χ0) is 13.1. The highest BCUT2D eigenvalue weighted by Crippen LogP contribution is 2.25. The number of carbonyl (C=O) groups is 1. The number of nitrogens with zero attached hydrogens (tertiary/aromatic N) is 2. The molecule has 0 saturated carbocycles. The van der Waals surface area contributed by atoms with Crippen molar-refractivity contribution in [3.63, 3.8) is 0 Å². The van der Waals surface area contributed by atoms with Crippen LogP contribution in [-0.4, -0.2) is 41.0 Å². The van der Waals surface area contributed by atoms with Crippen molar-refractivity contribution in [3.8, 4) is 0 Å². The summed E-state index contributed by atoms with van der Waals surface area (Å²) in [6.45, 7) is 2.01. The van der Waals surface area contributed by atoms with Crippen LogP contribution in [0.1, 0.15) is 31.4 Å². The van der Waals surface area contributed by atoms with Crippen LogP contribution in [0.2, 0.25) is 0 Å². The maximum absolute atomic E-state index is 12.4. The van der Waals surface area contributed by atoms with Crippen LogP contribution in [0, 0.1) is 0 Å². The van der Waals surface area contributed by atoms with Crippen LogP contribution in [0.3, 0.4) is 0 Å². The van der Waals surface area contributed by atoms with E-state index < -0.39 is 0 Å². The molecule has 0 bridgehead atoms. The van der Waals surface area contributed by atoms with Crippen LogP contribution in [0.5, 0.6) is 0 Å². The lowest BCUT2D eigenvalue weighted by atomic mass is 10.0. The van der Waals surface area contributed by atoms with Crippen molar-refractivity contribution in [1.29, 1.82) is 0 Å².